The van der Waals surface area contributed by atoms with E-state index in [4.69, 9.17) is 4.74 Å². The van der Waals surface area contributed by atoms with E-state index in [0.717, 1.165) is 54.4 Å². The van der Waals surface area contributed by atoms with E-state index in [2.05, 4.69) is 36.2 Å². The number of morpholine rings is 1. The molecule has 1 amide bonds. The number of carbonyl (C=O) groups is 1. The average molecular weight is 430 g/mol. The number of hydrogen-bond donors (Lipinski definition) is 1. The van der Waals surface area contributed by atoms with Gasteiger partial charge in [0.1, 0.15) is 4.60 Å². The zero-order valence-corrected chi connectivity index (χ0v) is 16.4. The predicted molar refractivity (Wildman–Crippen MR) is 106 cm³/mol. The monoisotopic (exact) mass is 429 g/mol. The first-order chi connectivity index (χ1) is 13.2. The zero-order valence-electron chi connectivity index (χ0n) is 14.8. The Kier molecular flexibility index (Phi) is 5.47. The minimum absolute atomic E-state index is 0.0597. The third-order valence-electron chi connectivity index (χ3n) is 4.58. The Labute approximate surface area is 165 Å². The lowest BCUT2D eigenvalue weighted by molar-refractivity contribution is 0.0383. The van der Waals surface area contributed by atoms with E-state index in [9.17, 15) is 4.79 Å². The van der Waals surface area contributed by atoms with E-state index >= 15 is 0 Å². The van der Waals surface area contributed by atoms with Crippen LogP contribution >= 0.6 is 15.9 Å². The summed E-state index contributed by atoms with van der Waals surface area (Å²) in [5.74, 6) is -0.0597. The molecule has 1 aliphatic rings. The van der Waals surface area contributed by atoms with Gasteiger partial charge in [0.05, 0.1) is 25.1 Å². The molecule has 0 aliphatic carbocycles. The van der Waals surface area contributed by atoms with E-state index in [-0.39, 0.29) is 5.91 Å². The minimum Gasteiger partial charge on any atom is -0.379 e. The van der Waals surface area contributed by atoms with E-state index in [1.165, 1.54) is 0 Å². The Hall–Kier alpha value is -2.29. The molecule has 3 aromatic rings. The number of fused-ring (bicyclic) bond motifs is 1. The van der Waals surface area contributed by atoms with Gasteiger partial charge in [-0.2, -0.15) is 5.10 Å². The fraction of sp³-hybridized carbons (Fsp3) is 0.316. The highest BCUT2D eigenvalue weighted by atomic mass is 79.9. The van der Waals surface area contributed by atoms with Gasteiger partial charge >= 0.3 is 0 Å². The maximum atomic E-state index is 12.3. The number of imidazole rings is 1. The third-order valence-corrected chi connectivity index (χ3v) is 5.12. The highest BCUT2D eigenvalue weighted by molar-refractivity contribution is 9.10. The summed E-state index contributed by atoms with van der Waals surface area (Å²) < 4.78 is 7.87. The Morgan fingerprint density at radius 2 is 1.93 bits per heavy atom. The van der Waals surface area contributed by atoms with Crippen molar-refractivity contribution in [2.45, 2.75) is 0 Å². The highest BCUT2D eigenvalue weighted by Gasteiger charge is 2.11. The number of carbonyl (C=O) groups excluding carboxylic acids is 1. The molecule has 4 rings (SSSR count). The van der Waals surface area contributed by atoms with Gasteiger partial charge in [-0.3, -0.25) is 9.69 Å². The summed E-state index contributed by atoms with van der Waals surface area (Å²) >= 11 is 3.43. The molecule has 1 aliphatic heterocycles. The molecule has 1 N–H and O–H groups in total. The van der Waals surface area contributed by atoms with Gasteiger partial charge in [0.15, 0.2) is 5.65 Å². The van der Waals surface area contributed by atoms with Crippen LogP contribution in [0.3, 0.4) is 0 Å². The molecule has 0 bridgehead atoms. The molecule has 140 valence electrons. The molecular formula is C19H20BrN5O2. The smallest absolute Gasteiger partial charge is 0.251 e. The molecule has 1 aromatic carbocycles. The summed E-state index contributed by atoms with van der Waals surface area (Å²) in [7, 11) is 0. The molecular weight excluding hydrogens is 410 g/mol. The van der Waals surface area contributed by atoms with Crippen molar-refractivity contribution in [1.82, 2.24) is 24.8 Å². The van der Waals surface area contributed by atoms with Crippen molar-refractivity contribution in [3.05, 3.63) is 52.8 Å². The largest absolute Gasteiger partial charge is 0.379 e. The fourth-order valence-electron chi connectivity index (χ4n) is 3.05. The fourth-order valence-corrected chi connectivity index (χ4v) is 3.41. The first-order valence-electron chi connectivity index (χ1n) is 8.90. The van der Waals surface area contributed by atoms with Crippen LogP contribution in [0, 0.1) is 0 Å². The summed E-state index contributed by atoms with van der Waals surface area (Å²) in [6, 6.07) is 11.3. The number of nitrogens with zero attached hydrogens (tertiary/aromatic N) is 4. The van der Waals surface area contributed by atoms with Crippen molar-refractivity contribution >= 4 is 27.5 Å². The number of hydrogen-bond acceptors (Lipinski definition) is 5. The molecule has 3 heterocycles. The molecule has 0 spiro atoms. The Balaban J connectivity index is 1.38. The molecule has 0 unspecified atom stereocenters. The first kappa shape index (κ1) is 18.1. The number of ether oxygens (including phenoxy) is 1. The maximum absolute atomic E-state index is 12.3. The van der Waals surface area contributed by atoms with Crippen LogP contribution in [0.2, 0.25) is 0 Å². The van der Waals surface area contributed by atoms with Gasteiger partial charge < -0.3 is 10.1 Å². The van der Waals surface area contributed by atoms with Crippen LogP contribution in [0.25, 0.3) is 16.9 Å². The summed E-state index contributed by atoms with van der Waals surface area (Å²) in [5.41, 5.74) is 3.19. The van der Waals surface area contributed by atoms with Crippen LogP contribution in [-0.2, 0) is 4.74 Å². The van der Waals surface area contributed by atoms with Crippen LogP contribution in [0.5, 0.6) is 0 Å². The van der Waals surface area contributed by atoms with Crippen molar-refractivity contribution in [3.63, 3.8) is 0 Å². The van der Waals surface area contributed by atoms with Gasteiger partial charge in [-0.25, -0.2) is 9.50 Å². The molecule has 27 heavy (non-hydrogen) atoms. The molecule has 7 nitrogen and oxygen atoms in total. The summed E-state index contributed by atoms with van der Waals surface area (Å²) in [6.45, 7) is 4.87. The van der Waals surface area contributed by atoms with Crippen LogP contribution < -0.4 is 5.32 Å². The molecule has 2 aromatic heterocycles. The average Bonchev–Trinajstić information content (AvgIpc) is 3.09. The van der Waals surface area contributed by atoms with Gasteiger partial charge in [0.2, 0.25) is 0 Å². The third kappa shape index (κ3) is 4.18. The molecule has 0 atom stereocenters. The number of rotatable bonds is 5. The molecule has 1 saturated heterocycles. The van der Waals surface area contributed by atoms with Crippen molar-refractivity contribution in [2.24, 2.45) is 0 Å². The van der Waals surface area contributed by atoms with E-state index in [1.54, 1.807) is 10.7 Å². The van der Waals surface area contributed by atoms with Gasteiger partial charge in [0.25, 0.3) is 5.91 Å². The van der Waals surface area contributed by atoms with Crippen LogP contribution in [0.4, 0.5) is 0 Å². The standard InChI is InChI=1S/C19H20BrN5O2/c20-17-13-22-18-6-5-16(23-25(17)18)14-1-3-15(4-2-14)19(26)21-7-8-24-9-11-27-12-10-24/h1-6,13H,7-12H2,(H,21,26). The summed E-state index contributed by atoms with van der Waals surface area (Å²) in [6.07, 6.45) is 1.72. The van der Waals surface area contributed by atoms with Crippen molar-refractivity contribution in [3.8, 4) is 11.3 Å². The normalized spacial score (nSPS) is 15.1. The second-order valence-corrected chi connectivity index (χ2v) is 7.17. The van der Waals surface area contributed by atoms with Gasteiger partial charge in [-0.1, -0.05) is 12.1 Å². The minimum atomic E-state index is -0.0597. The Morgan fingerprint density at radius 3 is 2.70 bits per heavy atom. The lowest BCUT2D eigenvalue weighted by Crippen LogP contribution is -2.41. The molecule has 8 heteroatoms. The van der Waals surface area contributed by atoms with E-state index < -0.39 is 0 Å². The van der Waals surface area contributed by atoms with Crippen molar-refractivity contribution in [2.75, 3.05) is 39.4 Å². The van der Waals surface area contributed by atoms with E-state index in [0.29, 0.717) is 12.1 Å². The number of halogens is 1. The van der Waals surface area contributed by atoms with Crippen LogP contribution in [0.1, 0.15) is 10.4 Å². The number of nitrogens with one attached hydrogen (secondary N) is 1. The lowest BCUT2D eigenvalue weighted by atomic mass is 10.1. The highest BCUT2D eigenvalue weighted by Crippen LogP contribution is 2.20. The Morgan fingerprint density at radius 1 is 1.15 bits per heavy atom. The molecule has 1 fully saturated rings. The summed E-state index contributed by atoms with van der Waals surface area (Å²) in [4.78, 5) is 18.9. The number of amides is 1. The molecule has 0 saturated carbocycles. The van der Waals surface area contributed by atoms with Gasteiger partial charge in [0, 0.05) is 37.3 Å². The topological polar surface area (TPSA) is 71.8 Å². The van der Waals surface area contributed by atoms with Crippen molar-refractivity contribution < 1.29 is 9.53 Å². The van der Waals surface area contributed by atoms with Crippen LogP contribution in [0.15, 0.2) is 47.2 Å². The SMILES string of the molecule is O=C(NCCN1CCOCC1)c1ccc(-c2ccc3ncc(Br)n3n2)cc1. The van der Waals surface area contributed by atoms with Gasteiger partial charge in [-0.15, -0.1) is 0 Å². The Bertz CT molecular complexity index is 935. The van der Waals surface area contributed by atoms with Gasteiger partial charge in [-0.05, 0) is 40.2 Å². The maximum Gasteiger partial charge on any atom is 0.251 e. The second kappa shape index (κ2) is 8.16. The quantitative estimate of drug-likeness (QED) is 0.672. The van der Waals surface area contributed by atoms with E-state index in [1.807, 2.05) is 36.4 Å². The summed E-state index contributed by atoms with van der Waals surface area (Å²) in [5, 5.41) is 7.55. The zero-order chi connectivity index (χ0) is 18.6. The van der Waals surface area contributed by atoms with Crippen molar-refractivity contribution in [1.29, 1.82) is 0 Å². The predicted octanol–water partition coefficient (Wildman–Crippen LogP) is 2.22. The first-order valence-corrected chi connectivity index (χ1v) is 9.69. The lowest BCUT2D eigenvalue weighted by Gasteiger charge is -2.26. The number of aromatic nitrogens is 3. The number of benzene rings is 1. The van der Waals surface area contributed by atoms with Crippen LogP contribution in [-0.4, -0.2) is 64.8 Å². The molecule has 0 radical (unpaired) electrons. The second-order valence-electron chi connectivity index (χ2n) is 6.36.